The van der Waals surface area contributed by atoms with Crippen molar-refractivity contribution in [2.24, 2.45) is 0 Å². The van der Waals surface area contributed by atoms with E-state index >= 15 is 0 Å². The van der Waals surface area contributed by atoms with E-state index in [1.807, 2.05) is 80.6 Å². The molecule has 4 aromatic carbocycles. The van der Waals surface area contributed by atoms with E-state index in [9.17, 15) is 13.2 Å². The fourth-order valence-electron chi connectivity index (χ4n) is 4.41. The van der Waals surface area contributed by atoms with Gasteiger partial charge in [0.05, 0.1) is 16.6 Å². The Morgan fingerprint density at radius 2 is 1.37 bits per heavy atom. The van der Waals surface area contributed by atoms with Crippen LogP contribution in [0.25, 0.3) is 0 Å². The molecule has 4 rings (SSSR count). The first-order valence-corrected chi connectivity index (χ1v) is 14.2. The molecule has 1 amide bonds. The Labute approximate surface area is 226 Å². The summed E-state index contributed by atoms with van der Waals surface area (Å²) in [7, 11) is -4.00. The van der Waals surface area contributed by atoms with Crippen molar-refractivity contribution in [3.8, 4) is 0 Å². The minimum absolute atomic E-state index is 0.141. The van der Waals surface area contributed by atoms with Crippen molar-refractivity contribution in [3.63, 3.8) is 0 Å². The normalized spacial score (nSPS) is 12.2. The highest BCUT2D eigenvalue weighted by Gasteiger charge is 2.29. The lowest BCUT2D eigenvalue weighted by molar-refractivity contribution is -0.120. The summed E-state index contributed by atoms with van der Waals surface area (Å²) >= 11 is 0. The third-order valence-corrected chi connectivity index (χ3v) is 8.47. The van der Waals surface area contributed by atoms with Gasteiger partial charge in [-0.2, -0.15) is 0 Å². The zero-order chi connectivity index (χ0) is 27.3. The predicted octanol–water partition coefficient (Wildman–Crippen LogP) is 6.53. The number of hydrogen-bond acceptors (Lipinski definition) is 3. The fraction of sp³-hybridized carbons (Fsp3) is 0.219. The van der Waals surface area contributed by atoms with Gasteiger partial charge in [-0.3, -0.25) is 9.10 Å². The van der Waals surface area contributed by atoms with Crippen molar-refractivity contribution in [1.29, 1.82) is 0 Å². The van der Waals surface area contributed by atoms with Gasteiger partial charge in [-0.1, -0.05) is 98.3 Å². The molecule has 0 fully saturated rings. The molecule has 0 saturated heterocycles. The van der Waals surface area contributed by atoms with Crippen molar-refractivity contribution in [3.05, 3.63) is 131 Å². The summed E-state index contributed by atoms with van der Waals surface area (Å²) in [6, 6.07) is 31.2. The largest absolute Gasteiger partial charge is 0.344 e. The molecule has 38 heavy (non-hydrogen) atoms. The number of carbonyl (C=O) groups is 1. The molecule has 0 aliphatic rings. The predicted molar refractivity (Wildman–Crippen MR) is 154 cm³/mol. The van der Waals surface area contributed by atoms with E-state index in [1.165, 1.54) is 4.31 Å². The maximum absolute atomic E-state index is 13.8. The molecule has 0 unspecified atom stereocenters. The van der Waals surface area contributed by atoms with Crippen LogP contribution in [0.3, 0.4) is 0 Å². The van der Waals surface area contributed by atoms with Crippen molar-refractivity contribution in [1.82, 2.24) is 5.32 Å². The average Bonchev–Trinajstić information content (AvgIpc) is 2.91. The number of rotatable bonds is 9. The first kappa shape index (κ1) is 27.1. The van der Waals surface area contributed by atoms with Crippen molar-refractivity contribution in [2.75, 3.05) is 10.8 Å². The van der Waals surface area contributed by atoms with Crippen LogP contribution < -0.4 is 9.62 Å². The summed E-state index contributed by atoms with van der Waals surface area (Å²) in [5.74, 6) is -0.0963. The molecule has 1 atom stereocenters. The van der Waals surface area contributed by atoms with E-state index in [4.69, 9.17) is 0 Å². The molecular formula is C32H34N2O3S. The molecule has 6 heteroatoms. The van der Waals surface area contributed by atoms with Gasteiger partial charge in [0.25, 0.3) is 10.0 Å². The van der Waals surface area contributed by atoms with Crippen LogP contribution in [0.1, 0.15) is 53.6 Å². The van der Waals surface area contributed by atoms with Gasteiger partial charge in [-0.25, -0.2) is 8.42 Å². The van der Waals surface area contributed by atoms with Gasteiger partial charge in [-0.15, -0.1) is 0 Å². The second kappa shape index (κ2) is 11.7. The Bertz CT molecular complexity index is 1480. The van der Waals surface area contributed by atoms with Gasteiger partial charge < -0.3 is 5.32 Å². The van der Waals surface area contributed by atoms with Gasteiger partial charge in [0.1, 0.15) is 6.54 Å². The number of carbonyl (C=O) groups excluding carboxylic acids is 1. The molecular weight excluding hydrogens is 492 g/mol. The van der Waals surface area contributed by atoms with E-state index in [2.05, 4.69) is 19.2 Å². The minimum atomic E-state index is -4.00. The van der Waals surface area contributed by atoms with E-state index < -0.39 is 22.0 Å². The average molecular weight is 527 g/mol. The lowest BCUT2D eigenvalue weighted by atomic mass is 9.95. The van der Waals surface area contributed by atoms with E-state index in [0.717, 1.165) is 27.8 Å². The summed E-state index contributed by atoms with van der Waals surface area (Å²) in [6.45, 7) is 7.72. The number of amides is 1. The maximum Gasteiger partial charge on any atom is 0.264 e. The van der Waals surface area contributed by atoms with Crippen molar-refractivity contribution < 1.29 is 13.2 Å². The Kier molecular flexibility index (Phi) is 8.32. The van der Waals surface area contributed by atoms with Gasteiger partial charge >= 0.3 is 0 Å². The number of benzene rings is 4. The molecule has 0 aromatic heterocycles. The Hall–Kier alpha value is -3.90. The third-order valence-electron chi connectivity index (χ3n) is 6.68. The summed E-state index contributed by atoms with van der Waals surface area (Å²) in [6.07, 6.45) is 0. The van der Waals surface area contributed by atoms with Gasteiger partial charge in [-0.05, 0) is 66.3 Å². The highest BCUT2D eigenvalue weighted by atomic mass is 32.2. The van der Waals surface area contributed by atoms with Crippen molar-refractivity contribution in [2.45, 2.75) is 44.6 Å². The number of anilines is 1. The Morgan fingerprint density at radius 3 is 1.97 bits per heavy atom. The molecule has 5 nitrogen and oxygen atoms in total. The van der Waals surface area contributed by atoms with Crippen molar-refractivity contribution >= 4 is 21.6 Å². The second-order valence-corrected chi connectivity index (χ2v) is 11.7. The molecule has 0 radical (unpaired) electrons. The Morgan fingerprint density at radius 1 is 0.763 bits per heavy atom. The van der Waals surface area contributed by atoms with Gasteiger partial charge in [0, 0.05) is 0 Å². The van der Waals surface area contributed by atoms with E-state index in [0.29, 0.717) is 11.6 Å². The number of sulfonamides is 1. The Balaban J connectivity index is 1.70. The minimum Gasteiger partial charge on any atom is -0.344 e. The lowest BCUT2D eigenvalue weighted by Gasteiger charge is -2.27. The molecule has 0 heterocycles. The third kappa shape index (κ3) is 6.14. The van der Waals surface area contributed by atoms with Crippen LogP contribution in [0.4, 0.5) is 5.69 Å². The van der Waals surface area contributed by atoms with Crippen LogP contribution >= 0.6 is 0 Å². The highest BCUT2D eigenvalue weighted by molar-refractivity contribution is 7.92. The molecule has 0 aliphatic carbocycles. The quantitative estimate of drug-likeness (QED) is 0.270. The second-order valence-electron chi connectivity index (χ2n) is 9.84. The molecule has 0 aliphatic heterocycles. The molecule has 4 aromatic rings. The van der Waals surface area contributed by atoms with Crippen LogP contribution in [0, 0.1) is 13.8 Å². The summed E-state index contributed by atoms with van der Waals surface area (Å²) in [4.78, 5) is 13.7. The van der Waals surface area contributed by atoms with Crippen LogP contribution in [0.15, 0.2) is 108 Å². The first-order chi connectivity index (χ1) is 18.2. The summed E-state index contributed by atoms with van der Waals surface area (Å²) < 4.78 is 28.8. The van der Waals surface area contributed by atoms with Crippen LogP contribution in [0.5, 0.6) is 0 Å². The topological polar surface area (TPSA) is 66.5 Å². The molecule has 0 spiro atoms. The number of hydrogen-bond donors (Lipinski definition) is 1. The van der Waals surface area contributed by atoms with Crippen LogP contribution in [0.2, 0.25) is 0 Å². The SMILES string of the molecule is Cc1ccc(S(=O)(=O)N(CC(=O)N[C@@H](c2ccccc2)c2ccccc2C)c2ccc(C(C)C)cc2)cc1. The standard InChI is InChI=1S/C32H34N2O3S/c1-23(2)26-16-18-28(19-17-26)34(38(36,37)29-20-14-24(3)15-21-29)22-31(35)33-32(27-11-6-5-7-12-27)30-13-9-8-10-25(30)4/h5-21,23,32H,22H2,1-4H3,(H,33,35)/t32-/m0/s1. The van der Waals surface area contributed by atoms with Crippen LogP contribution in [-0.2, 0) is 14.8 Å². The number of nitrogens with zero attached hydrogens (tertiary/aromatic N) is 1. The summed E-state index contributed by atoms with van der Waals surface area (Å²) in [5, 5.41) is 3.11. The zero-order valence-corrected chi connectivity index (χ0v) is 23.1. The molecule has 0 saturated carbocycles. The van der Waals surface area contributed by atoms with Gasteiger partial charge in [0.15, 0.2) is 0 Å². The first-order valence-electron chi connectivity index (χ1n) is 12.8. The smallest absolute Gasteiger partial charge is 0.264 e. The molecule has 0 bridgehead atoms. The summed E-state index contributed by atoms with van der Waals surface area (Å²) in [5.41, 5.74) is 5.41. The lowest BCUT2D eigenvalue weighted by Crippen LogP contribution is -2.42. The van der Waals surface area contributed by atoms with Crippen LogP contribution in [-0.4, -0.2) is 20.9 Å². The maximum atomic E-state index is 13.8. The number of aryl methyl sites for hydroxylation is 2. The molecule has 196 valence electrons. The number of nitrogens with one attached hydrogen (secondary N) is 1. The molecule has 1 N–H and O–H groups in total. The van der Waals surface area contributed by atoms with Gasteiger partial charge in [0.2, 0.25) is 5.91 Å². The highest BCUT2D eigenvalue weighted by Crippen LogP contribution is 2.28. The zero-order valence-electron chi connectivity index (χ0n) is 22.3. The van der Waals surface area contributed by atoms with E-state index in [1.54, 1.807) is 36.4 Å². The van der Waals surface area contributed by atoms with E-state index in [-0.39, 0.29) is 11.4 Å². The monoisotopic (exact) mass is 526 g/mol. The fourth-order valence-corrected chi connectivity index (χ4v) is 5.83.